The van der Waals surface area contributed by atoms with Crippen LogP contribution in [0.1, 0.15) is 19.4 Å². The molecule has 15 heavy (non-hydrogen) atoms. The van der Waals surface area contributed by atoms with Gasteiger partial charge in [0.25, 0.3) is 0 Å². The Labute approximate surface area is 98.1 Å². The zero-order valence-corrected chi connectivity index (χ0v) is 10.9. The van der Waals surface area contributed by atoms with Crippen LogP contribution in [-0.2, 0) is 5.60 Å². The largest absolute Gasteiger partial charge is 0.493 e. The molecule has 0 aliphatic heterocycles. The molecule has 1 N–H and O–H groups in total. The van der Waals surface area contributed by atoms with E-state index in [2.05, 4.69) is 15.9 Å². The topological polar surface area (TPSA) is 38.7 Å². The lowest BCUT2D eigenvalue weighted by molar-refractivity contribution is 0.0751. The predicted octanol–water partition coefficient (Wildman–Crippen LogP) is 2.69. The lowest BCUT2D eigenvalue weighted by Gasteiger charge is -2.22. The number of halogens is 1. The summed E-state index contributed by atoms with van der Waals surface area (Å²) in [6.45, 7) is 3.41. The standard InChI is InChI=1S/C11H15BrO3/c1-11(2,13)8-5-7(12)6-9(14-3)10(8)15-4/h5-6,13H,1-4H3. The average Bonchev–Trinajstić information content (AvgIpc) is 2.15. The van der Waals surface area contributed by atoms with Gasteiger partial charge in [-0.25, -0.2) is 0 Å². The minimum Gasteiger partial charge on any atom is -0.493 e. The Morgan fingerprint density at radius 1 is 1.20 bits per heavy atom. The highest BCUT2D eigenvalue weighted by molar-refractivity contribution is 9.10. The summed E-state index contributed by atoms with van der Waals surface area (Å²) in [5.74, 6) is 1.16. The second-order valence-corrected chi connectivity index (χ2v) is 4.66. The van der Waals surface area contributed by atoms with E-state index in [1.165, 1.54) is 0 Å². The van der Waals surface area contributed by atoms with Gasteiger partial charge in [0.2, 0.25) is 0 Å². The monoisotopic (exact) mass is 274 g/mol. The Hall–Kier alpha value is -0.740. The number of hydrogen-bond donors (Lipinski definition) is 1. The van der Waals surface area contributed by atoms with Gasteiger partial charge in [0.05, 0.1) is 19.8 Å². The minimum absolute atomic E-state index is 0.563. The lowest BCUT2D eigenvalue weighted by atomic mass is 9.97. The SMILES string of the molecule is COc1cc(Br)cc(C(C)(C)O)c1OC. The fourth-order valence-electron chi connectivity index (χ4n) is 1.39. The third-order valence-corrected chi connectivity index (χ3v) is 2.56. The van der Waals surface area contributed by atoms with Gasteiger partial charge in [0.15, 0.2) is 11.5 Å². The maximum absolute atomic E-state index is 9.99. The Morgan fingerprint density at radius 3 is 2.20 bits per heavy atom. The van der Waals surface area contributed by atoms with Crippen molar-refractivity contribution in [3.63, 3.8) is 0 Å². The van der Waals surface area contributed by atoms with Crippen molar-refractivity contribution < 1.29 is 14.6 Å². The van der Waals surface area contributed by atoms with Gasteiger partial charge in [-0.1, -0.05) is 15.9 Å². The van der Waals surface area contributed by atoms with E-state index >= 15 is 0 Å². The van der Waals surface area contributed by atoms with Crippen molar-refractivity contribution in [1.29, 1.82) is 0 Å². The summed E-state index contributed by atoms with van der Waals surface area (Å²) in [6.07, 6.45) is 0. The number of ether oxygens (including phenoxy) is 2. The molecule has 4 heteroatoms. The lowest BCUT2D eigenvalue weighted by Crippen LogP contribution is -2.17. The summed E-state index contributed by atoms with van der Waals surface area (Å²) in [6, 6.07) is 3.62. The van der Waals surface area contributed by atoms with Crippen LogP contribution in [0.2, 0.25) is 0 Å². The van der Waals surface area contributed by atoms with Crippen molar-refractivity contribution >= 4 is 15.9 Å². The van der Waals surface area contributed by atoms with Crippen molar-refractivity contribution in [1.82, 2.24) is 0 Å². The van der Waals surface area contributed by atoms with Gasteiger partial charge in [-0.2, -0.15) is 0 Å². The molecular weight excluding hydrogens is 260 g/mol. The molecule has 0 saturated carbocycles. The zero-order chi connectivity index (χ0) is 11.6. The van der Waals surface area contributed by atoms with Gasteiger partial charge in [-0.15, -0.1) is 0 Å². The van der Waals surface area contributed by atoms with Gasteiger partial charge < -0.3 is 14.6 Å². The van der Waals surface area contributed by atoms with E-state index in [9.17, 15) is 5.11 Å². The van der Waals surface area contributed by atoms with Crippen LogP contribution in [-0.4, -0.2) is 19.3 Å². The van der Waals surface area contributed by atoms with Crippen molar-refractivity contribution in [3.8, 4) is 11.5 Å². The molecule has 0 aromatic heterocycles. The quantitative estimate of drug-likeness (QED) is 0.921. The van der Waals surface area contributed by atoms with Crippen LogP contribution < -0.4 is 9.47 Å². The summed E-state index contributed by atoms with van der Waals surface area (Å²) in [4.78, 5) is 0. The van der Waals surface area contributed by atoms with Crippen LogP contribution in [0.5, 0.6) is 11.5 Å². The first kappa shape index (κ1) is 12.3. The maximum atomic E-state index is 9.99. The summed E-state index contributed by atoms with van der Waals surface area (Å²) < 4.78 is 11.3. The molecule has 1 aromatic carbocycles. The molecule has 0 amide bonds. The van der Waals surface area contributed by atoms with E-state index in [1.54, 1.807) is 34.1 Å². The molecule has 0 unspecified atom stereocenters. The third kappa shape index (κ3) is 2.63. The molecule has 1 aromatic rings. The predicted molar refractivity (Wildman–Crippen MR) is 62.5 cm³/mol. The first-order valence-electron chi connectivity index (χ1n) is 4.54. The Bertz CT molecular complexity index is 356. The summed E-state index contributed by atoms with van der Waals surface area (Å²) in [7, 11) is 3.12. The molecule has 0 atom stereocenters. The number of aliphatic hydroxyl groups is 1. The van der Waals surface area contributed by atoms with Crippen LogP contribution in [0.3, 0.4) is 0 Å². The van der Waals surface area contributed by atoms with Crippen LogP contribution >= 0.6 is 15.9 Å². The number of benzene rings is 1. The second-order valence-electron chi connectivity index (χ2n) is 3.75. The molecule has 0 radical (unpaired) electrons. The molecule has 3 nitrogen and oxygen atoms in total. The van der Waals surface area contributed by atoms with E-state index in [4.69, 9.17) is 9.47 Å². The maximum Gasteiger partial charge on any atom is 0.166 e. The van der Waals surface area contributed by atoms with E-state index in [0.29, 0.717) is 17.1 Å². The Balaban J connectivity index is 3.42. The Morgan fingerprint density at radius 2 is 1.80 bits per heavy atom. The zero-order valence-electron chi connectivity index (χ0n) is 9.30. The van der Waals surface area contributed by atoms with Gasteiger partial charge >= 0.3 is 0 Å². The highest BCUT2D eigenvalue weighted by Crippen LogP contribution is 2.39. The fraction of sp³-hybridized carbons (Fsp3) is 0.455. The van der Waals surface area contributed by atoms with E-state index in [1.807, 2.05) is 6.07 Å². The summed E-state index contributed by atoms with van der Waals surface area (Å²) in [5, 5.41) is 9.99. The van der Waals surface area contributed by atoms with Crippen molar-refractivity contribution in [2.75, 3.05) is 14.2 Å². The highest BCUT2D eigenvalue weighted by Gasteiger charge is 2.24. The minimum atomic E-state index is -0.970. The van der Waals surface area contributed by atoms with Gasteiger partial charge in [0, 0.05) is 10.0 Å². The normalized spacial score (nSPS) is 11.3. The molecule has 0 aliphatic carbocycles. The number of hydrogen-bond acceptors (Lipinski definition) is 3. The molecule has 0 fully saturated rings. The van der Waals surface area contributed by atoms with Crippen molar-refractivity contribution in [3.05, 3.63) is 22.2 Å². The van der Waals surface area contributed by atoms with E-state index < -0.39 is 5.60 Å². The molecular formula is C11H15BrO3. The van der Waals surface area contributed by atoms with Crippen molar-refractivity contribution in [2.45, 2.75) is 19.4 Å². The second kappa shape index (κ2) is 4.41. The molecule has 1 rings (SSSR count). The number of rotatable bonds is 3. The first-order chi connectivity index (χ1) is 6.90. The van der Waals surface area contributed by atoms with Crippen molar-refractivity contribution in [2.24, 2.45) is 0 Å². The van der Waals surface area contributed by atoms with E-state index in [0.717, 1.165) is 4.47 Å². The van der Waals surface area contributed by atoms with Gasteiger partial charge in [0.1, 0.15) is 0 Å². The van der Waals surface area contributed by atoms with Crippen LogP contribution in [0, 0.1) is 0 Å². The highest BCUT2D eigenvalue weighted by atomic mass is 79.9. The molecule has 0 heterocycles. The molecule has 0 saturated heterocycles. The van der Waals surface area contributed by atoms with Gasteiger partial charge in [-0.05, 0) is 26.0 Å². The molecule has 84 valence electrons. The fourth-order valence-corrected chi connectivity index (χ4v) is 1.82. The summed E-state index contributed by atoms with van der Waals surface area (Å²) >= 11 is 3.36. The summed E-state index contributed by atoms with van der Waals surface area (Å²) in [5.41, 5.74) is -0.279. The molecule has 0 aliphatic rings. The average molecular weight is 275 g/mol. The van der Waals surface area contributed by atoms with E-state index in [-0.39, 0.29) is 0 Å². The third-order valence-electron chi connectivity index (χ3n) is 2.10. The smallest absolute Gasteiger partial charge is 0.166 e. The van der Waals surface area contributed by atoms with Crippen LogP contribution in [0.4, 0.5) is 0 Å². The number of methoxy groups -OCH3 is 2. The van der Waals surface area contributed by atoms with Gasteiger partial charge in [-0.3, -0.25) is 0 Å². The van der Waals surface area contributed by atoms with Crippen LogP contribution in [0.25, 0.3) is 0 Å². The molecule has 0 spiro atoms. The Kier molecular flexibility index (Phi) is 3.62. The first-order valence-corrected chi connectivity index (χ1v) is 5.34. The molecule has 0 bridgehead atoms. The van der Waals surface area contributed by atoms with Crippen LogP contribution in [0.15, 0.2) is 16.6 Å².